The third kappa shape index (κ3) is 5.18. The Balaban J connectivity index is 1.98. The van der Waals surface area contributed by atoms with E-state index in [0.717, 1.165) is 30.3 Å². The van der Waals surface area contributed by atoms with E-state index in [4.69, 9.17) is 0 Å². The molecule has 0 aromatic heterocycles. The number of carbonyl (C=O) groups is 1. The Hall–Kier alpha value is -2.20. The summed E-state index contributed by atoms with van der Waals surface area (Å²) in [5.74, 6) is 0. The molecule has 4 heteroatoms. The Bertz CT molecular complexity index is 762. The van der Waals surface area contributed by atoms with Crippen molar-refractivity contribution in [2.24, 2.45) is 0 Å². The molecule has 0 saturated carbocycles. The first-order chi connectivity index (χ1) is 11.1. The minimum absolute atomic E-state index is 0.308. The van der Waals surface area contributed by atoms with E-state index in [1.807, 2.05) is 24.3 Å². The monoisotopic (exact) mass is 328 g/mol. The van der Waals surface area contributed by atoms with Gasteiger partial charge in [-0.05, 0) is 42.5 Å². The van der Waals surface area contributed by atoms with Crippen LogP contribution >= 0.6 is 0 Å². The maximum Gasteiger partial charge on any atom is 0.199 e. The molecule has 0 unspecified atom stereocenters. The average molecular weight is 328 g/mol. The molecule has 2 rings (SSSR count). The van der Waals surface area contributed by atoms with Gasteiger partial charge in [0.25, 0.3) is 0 Å². The van der Waals surface area contributed by atoms with Gasteiger partial charge in [-0.3, -0.25) is 0 Å². The van der Waals surface area contributed by atoms with Crippen LogP contribution in [-0.2, 0) is 27.5 Å². The zero-order valence-corrected chi connectivity index (χ0v) is 13.7. The maximum absolute atomic E-state index is 12.1. The van der Waals surface area contributed by atoms with Crippen LogP contribution in [0.1, 0.15) is 24.0 Å². The van der Waals surface area contributed by atoms with Crippen LogP contribution in [-0.4, -0.2) is 14.7 Å². The summed E-state index contributed by atoms with van der Waals surface area (Å²) in [7, 11) is -3.37. The van der Waals surface area contributed by atoms with Crippen molar-refractivity contribution in [1.29, 1.82) is 0 Å². The van der Waals surface area contributed by atoms with Gasteiger partial charge < -0.3 is 4.79 Å². The van der Waals surface area contributed by atoms with Crippen LogP contribution in [0.4, 0.5) is 0 Å². The molecule has 0 heterocycles. The molecule has 0 N–H and O–H groups in total. The second-order valence-electron chi connectivity index (χ2n) is 5.24. The normalized spacial score (nSPS) is 11.7. The van der Waals surface area contributed by atoms with Gasteiger partial charge in [0.1, 0.15) is 6.29 Å². The quantitative estimate of drug-likeness (QED) is 0.694. The number of benzene rings is 2. The van der Waals surface area contributed by atoms with Crippen molar-refractivity contribution in [3.05, 3.63) is 77.2 Å². The van der Waals surface area contributed by atoms with Crippen LogP contribution in [0.25, 0.3) is 0 Å². The van der Waals surface area contributed by atoms with E-state index in [1.165, 1.54) is 5.41 Å². The molecule has 0 aliphatic rings. The van der Waals surface area contributed by atoms with E-state index in [2.05, 4.69) is 0 Å². The minimum Gasteiger partial charge on any atom is -0.303 e. The maximum atomic E-state index is 12.1. The van der Waals surface area contributed by atoms with Gasteiger partial charge in [-0.25, -0.2) is 8.42 Å². The summed E-state index contributed by atoms with van der Waals surface area (Å²) in [5.41, 5.74) is 2.31. The van der Waals surface area contributed by atoms with Gasteiger partial charge in [0.2, 0.25) is 0 Å². The molecule has 2 aromatic carbocycles. The molecule has 0 amide bonds. The van der Waals surface area contributed by atoms with Crippen molar-refractivity contribution in [3.63, 3.8) is 0 Å². The largest absolute Gasteiger partial charge is 0.303 e. The highest BCUT2D eigenvalue weighted by Gasteiger charge is 2.08. The molecular formula is C19H20O3S. The highest BCUT2D eigenvalue weighted by molar-refractivity contribution is 7.94. The number of aldehydes is 1. The van der Waals surface area contributed by atoms with E-state index >= 15 is 0 Å². The topological polar surface area (TPSA) is 51.2 Å². The zero-order valence-electron chi connectivity index (χ0n) is 12.9. The third-order valence-corrected chi connectivity index (χ3v) is 5.06. The number of hydrogen-bond donors (Lipinski definition) is 0. The highest BCUT2D eigenvalue weighted by atomic mass is 32.2. The molecule has 0 aliphatic carbocycles. The summed E-state index contributed by atoms with van der Waals surface area (Å²) in [5, 5.41) is 1.27. The lowest BCUT2D eigenvalue weighted by Crippen LogP contribution is -1.97. The van der Waals surface area contributed by atoms with Crippen molar-refractivity contribution in [1.82, 2.24) is 0 Å². The number of carbonyl (C=O) groups excluding carboxylic acids is 1. The summed E-state index contributed by atoms with van der Waals surface area (Å²) < 4.78 is 24.3. The summed E-state index contributed by atoms with van der Waals surface area (Å²) in [6.07, 6.45) is 5.25. The number of rotatable bonds is 8. The molecule has 0 radical (unpaired) electrons. The number of allylic oxidation sites excluding steroid dienone is 1. The van der Waals surface area contributed by atoms with Gasteiger partial charge in [0.05, 0.1) is 4.90 Å². The first-order valence-electron chi connectivity index (χ1n) is 7.60. The Morgan fingerprint density at radius 1 is 0.783 bits per heavy atom. The predicted molar refractivity (Wildman–Crippen MR) is 91.9 cm³/mol. The van der Waals surface area contributed by atoms with Gasteiger partial charge in [-0.1, -0.05) is 48.5 Å². The number of aryl methyl sites for hydroxylation is 2. The summed E-state index contributed by atoms with van der Waals surface area (Å²) >= 11 is 0. The standard InChI is InChI=1S/C19H20O3S/c20-15-8-12-18-10-5-4-9-17(18)11-6-7-16-23(21,22)19-13-2-1-3-14-19/h1-5,7,9-10,13-16H,6,8,11-12H2/b16-7+. The molecule has 0 spiro atoms. The van der Waals surface area contributed by atoms with E-state index in [1.54, 1.807) is 36.4 Å². The fourth-order valence-electron chi connectivity index (χ4n) is 2.38. The van der Waals surface area contributed by atoms with E-state index < -0.39 is 9.84 Å². The fourth-order valence-corrected chi connectivity index (χ4v) is 3.47. The minimum atomic E-state index is -3.37. The van der Waals surface area contributed by atoms with Crippen LogP contribution in [0, 0.1) is 0 Å². The third-order valence-electron chi connectivity index (χ3n) is 3.58. The van der Waals surface area contributed by atoms with Gasteiger partial charge in [-0.2, -0.15) is 0 Å². The van der Waals surface area contributed by atoms with Crippen molar-refractivity contribution < 1.29 is 13.2 Å². The Labute approximate surface area is 137 Å². The summed E-state index contributed by atoms with van der Waals surface area (Å²) in [6.45, 7) is 0. The lowest BCUT2D eigenvalue weighted by Gasteiger charge is -2.06. The molecule has 0 bridgehead atoms. The van der Waals surface area contributed by atoms with Gasteiger partial charge in [0, 0.05) is 11.8 Å². The summed E-state index contributed by atoms with van der Waals surface area (Å²) in [6, 6.07) is 16.4. The lowest BCUT2D eigenvalue weighted by molar-refractivity contribution is -0.107. The molecule has 23 heavy (non-hydrogen) atoms. The smallest absolute Gasteiger partial charge is 0.199 e. The van der Waals surface area contributed by atoms with Gasteiger partial charge in [-0.15, -0.1) is 0 Å². The van der Waals surface area contributed by atoms with E-state index in [9.17, 15) is 13.2 Å². The van der Waals surface area contributed by atoms with Crippen LogP contribution in [0.2, 0.25) is 0 Å². The second kappa shape index (κ2) is 8.44. The van der Waals surface area contributed by atoms with Gasteiger partial charge in [0.15, 0.2) is 9.84 Å². The first-order valence-corrected chi connectivity index (χ1v) is 9.15. The molecule has 2 aromatic rings. The van der Waals surface area contributed by atoms with Crippen LogP contribution < -0.4 is 0 Å². The Kier molecular flexibility index (Phi) is 6.29. The predicted octanol–water partition coefficient (Wildman–Crippen LogP) is 3.74. The molecule has 0 saturated heterocycles. The number of sulfone groups is 1. The number of hydrogen-bond acceptors (Lipinski definition) is 3. The highest BCUT2D eigenvalue weighted by Crippen LogP contribution is 2.15. The lowest BCUT2D eigenvalue weighted by atomic mass is 9.99. The molecule has 3 nitrogen and oxygen atoms in total. The molecule has 0 fully saturated rings. The van der Waals surface area contributed by atoms with E-state index in [-0.39, 0.29) is 0 Å². The molecule has 0 atom stereocenters. The Morgan fingerprint density at radius 3 is 1.96 bits per heavy atom. The van der Waals surface area contributed by atoms with Crippen molar-refractivity contribution in [2.75, 3.05) is 0 Å². The van der Waals surface area contributed by atoms with Crippen molar-refractivity contribution in [3.8, 4) is 0 Å². The average Bonchev–Trinajstić information content (AvgIpc) is 2.58. The first kappa shape index (κ1) is 17.2. The SMILES string of the molecule is O=CCCc1ccccc1CC/C=C/S(=O)(=O)c1ccccc1. The molecular weight excluding hydrogens is 308 g/mol. The molecule has 120 valence electrons. The van der Waals surface area contributed by atoms with Crippen LogP contribution in [0.15, 0.2) is 71.0 Å². The van der Waals surface area contributed by atoms with Crippen LogP contribution in [0.3, 0.4) is 0 Å². The van der Waals surface area contributed by atoms with Crippen molar-refractivity contribution in [2.45, 2.75) is 30.6 Å². The van der Waals surface area contributed by atoms with Crippen molar-refractivity contribution >= 4 is 16.1 Å². The summed E-state index contributed by atoms with van der Waals surface area (Å²) in [4.78, 5) is 10.8. The van der Waals surface area contributed by atoms with Crippen LogP contribution in [0.5, 0.6) is 0 Å². The zero-order chi connectivity index (χ0) is 16.5. The van der Waals surface area contributed by atoms with E-state index in [0.29, 0.717) is 17.7 Å². The second-order valence-corrected chi connectivity index (χ2v) is 7.08. The fraction of sp³-hybridized carbons (Fsp3) is 0.211. The Morgan fingerprint density at radius 2 is 1.35 bits per heavy atom. The van der Waals surface area contributed by atoms with Gasteiger partial charge >= 0.3 is 0 Å². The molecule has 0 aliphatic heterocycles.